The molecule has 0 spiro atoms. The van der Waals surface area contributed by atoms with Crippen LogP contribution in [-0.4, -0.2) is 6.54 Å². The van der Waals surface area contributed by atoms with Crippen molar-refractivity contribution in [3.63, 3.8) is 0 Å². The Morgan fingerprint density at radius 1 is 1.20 bits per heavy atom. The summed E-state index contributed by atoms with van der Waals surface area (Å²) in [6, 6.07) is 0. The Morgan fingerprint density at radius 2 is 1.80 bits per heavy atom. The molecule has 0 amide bonds. The summed E-state index contributed by atoms with van der Waals surface area (Å²) in [6.45, 7) is 0.885. The lowest BCUT2D eigenvalue weighted by molar-refractivity contribution is 0.488. The molecular weight excluding hydrogens is 146 g/mol. The van der Waals surface area contributed by atoms with Crippen molar-refractivity contribution >= 4 is 12.4 Å². The molecule has 1 aliphatic rings. The highest BCUT2D eigenvalue weighted by atomic mass is 35.5. The van der Waals surface area contributed by atoms with Crippen LogP contribution < -0.4 is 5.73 Å². The Bertz CT molecular complexity index is 69.7. The third-order valence-electron chi connectivity index (χ3n) is 2.29. The van der Waals surface area contributed by atoms with Crippen LogP contribution in [-0.2, 0) is 0 Å². The SMILES string of the molecule is Cl.NCCCC1CCCC1. The molecule has 1 saturated carbocycles. The third kappa shape index (κ3) is 3.43. The summed E-state index contributed by atoms with van der Waals surface area (Å²) in [5.41, 5.74) is 5.41. The van der Waals surface area contributed by atoms with Crippen LogP contribution >= 0.6 is 12.4 Å². The molecule has 2 N–H and O–H groups in total. The predicted octanol–water partition coefficient (Wildman–Crippen LogP) is 2.34. The van der Waals surface area contributed by atoms with Crippen LogP contribution in [0.4, 0.5) is 0 Å². The molecule has 1 aliphatic carbocycles. The zero-order valence-electron chi connectivity index (χ0n) is 6.51. The van der Waals surface area contributed by atoms with Crippen LogP contribution in [0, 0.1) is 5.92 Å². The smallest absolute Gasteiger partial charge is 0.00772 e. The third-order valence-corrected chi connectivity index (χ3v) is 2.29. The van der Waals surface area contributed by atoms with Crippen molar-refractivity contribution in [3.05, 3.63) is 0 Å². The molecule has 0 aromatic carbocycles. The van der Waals surface area contributed by atoms with Crippen molar-refractivity contribution in [2.75, 3.05) is 6.54 Å². The topological polar surface area (TPSA) is 26.0 Å². The second kappa shape index (κ2) is 5.99. The molecule has 1 fully saturated rings. The van der Waals surface area contributed by atoms with Crippen LogP contribution in [0.15, 0.2) is 0 Å². The molecule has 0 bridgehead atoms. The first kappa shape index (κ1) is 10.2. The standard InChI is InChI=1S/C8H17N.ClH/c9-7-3-6-8-4-1-2-5-8;/h8H,1-7,9H2;1H. The van der Waals surface area contributed by atoms with Gasteiger partial charge in [0.1, 0.15) is 0 Å². The summed E-state index contributed by atoms with van der Waals surface area (Å²) in [5.74, 6) is 1.04. The maximum absolute atomic E-state index is 5.41. The summed E-state index contributed by atoms with van der Waals surface area (Å²) in [4.78, 5) is 0. The molecule has 0 saturated heterocycles. The van der Waals surface area contributed by atoms with E-state index < -0.39 is 0 Å². The Hall–Kier alpha value is 0.250. The van der Waals surface area contributed by atoms with E-state index in [0.29, 0.717) is 0 Å². The molecule has 1 nitrogen and oxygen atoms in total. The summed E-state index contributed by atoms with van der Waals surface area (Å²) in [6.07, 6.45) is 8.51. The molecule has 0 unspecified atom stereocenters. The van der Waals surface area contributed by atoms with Crippen molar-refractivity contribution in [2.24, 2.45) is 11.7 Å². The second-order valence-corrected chi connectivity index (χ2v) is 3.08. The van der Waals surface area contributed by atoms with E-state index in [4.69, 9.17) is 5.73 Å². The zero-order chi connectivity index (χ0) is 6.53. The van der Waals surface area contributed by atoms with Gasteiger partial charge in [-0.1, -0.05) is 25.7 Å². The maximum atomic E-state index is 5.41. The lowest BCUT2D eigenvalue weighted by Gasteiger charge is -2.05. The summed E-state index contributed by atoms with van der Waals surface area (Å²) in [7, 11) is 0. The molecule has 0 heterocycles. The quantitative estimate of drug-likeness (QED) is 0.679. The number of rotatable bonds is 3. The van der Waals surface area contributed by atoms with E-state index in [1.807, 2.05) is 0 Å². The highest BCUT2D eigenvalue weighted by Gasteiger charge is 2.13. The van der Waals surface area contributed by atoms with Crippen LogP contribution in [0.25, 0.3) is 0 Å². The van der Waals surface area contributed by atoms with E-state index >= 15 is 0 Å². The van der Waals surface area contributed by atoms with Crippen LogP contribution in [0.5, 0.6) is 0 Å². The van der Waals surface area contributed by atoms with Gasteiger partial charge in [0.15, 0.2) is 0 Å². The molecular formula is C8H18ClN. The van der Waals surface area contributed by atoms with Crippen molar-refractivity contribution in [3.8, 4) is 0 Å². The van der Waals surface area contributed by atoms with Gasteiger partial charge in [0.05, 0.1) is 0 Å². The molecule has 0 atom stereocenters. The largest absolute Gasteiger partial charge is 0.330 e. The number of hydrogen-bond acceptors (Lipinski definition) is 1. The van der Waals surface area contributed by atoms with Crippen molar-refractivity contribution < 1.29 is 0 Å². The van der Waals surface area contributed by atoms with E-state index in [1.54, 1.807) is 0 Å². The second-order valence-electron chi connectivity index (χ2n) is 3.08. The number of nitrogens with two attached hydrogens (primary N) is 1. The van der Waals surface area contributed by atoms with Gasteiger partial charge in [-0.05, 0) is 25.3 Å². The van der Waals surface area contributed by atoms with Crippen molar-refractivity contribution in [2.45, 2.75) is 38.5 Å². The van der Waals surface area contributed by atoms with Gasteiger partial charge >= 0.3 is 0 Å². The monoisotopic (exact) mass is 163 g/mol. The molecule has 1 rings (SSSR count). The zero-order valence-corrected chi connectivity index (χ0v) is 7.33. The highest BCUT2D eigenvalue weighted by Crippen LogP contribution is 2.27. The average molecular weight is 164 g/mol. The first-order valence-corrected chi connectivity index (χ1v) is 4.13. The van der Waals surface area contributed by atoms with Gasteiger partial charge in [0, 0.05) is 0 Å². The van der Waals surface area contributed by atoms with Gasteiger partial charge in [0.25, 0.3) is 0 Å². The Kier molecular flexibility index (Phi) is 6.14. The lowest BCUT2D eigenvalue weighted by Crippen LogP contribution is -2.01. The van der Waals surface area contributed by atoms with Gasteiger partial charge in [-0.2, -0.15) is 0 Å². The van der Waals surface area contributed by atoms with Crippen LogP contribution in [0.1, 0.15) is 38.5 Å². The van der Waals surface area contributed by atoms with Crippen molar-refractivity contribution in [1.29, 1.82) is 0 Å². The normalized spacial score (nSPS) is 18.9. The predicted molar refractivity (Wildman–Crippen MR) is 47.5 cm³/mol. The van der Waals surface area contributed by atoms with E-state index in [9.17, 15) is 0 Å². The maximum Gasteiger partial charge on any atom is -0.00772 e. The molecule has 0 radical (unpaired) electrons. The van der Waals surface area contributed by atoms with Gasteiger partial charge in [-0.15, -0.1) is 12.4 Å². The first-order valence-electron chi connectivity index (χ1n) is 4.13. The summed E-state index contributed by atoms with van der Waals surface area (Å²) < 4.78 is 0. The molecule has 2 heteroatoms. The Balaban J connectivity index is 0.000000810. The fraction of sp³-hybridized carbons (Fsp3) is 1.00. The minimum Gasteiger partial charge on any atom is -0.330 e. The average Bonchev–Trinajstić information content (AvgIpc) is 2.34. The first-order chi connectivity index (χ1) is 4.43. The van der Waals surface area contributed by atoms with E-state index in [2.05, 4.69) is 0 Å². The summed E-state index contributed by atoms with van der Waals surface area (Å²) >= 11 is 0. The van der Waals surface area contributed by atoms with E-state index in [1.165, 1.54) is 38.5 Å². The molecule has 10 heavy (non-hydrogen) atoms. The van der Waals surface area contributed by atoms with Crippen LogP contribution in [0.2, 0.25) is 0 Å². The lowest BCUT2D eigenvalue weighted by atomic mass is 10.0. The van der Waals surface area contributed by atoms with Gasteiger partial charge in [0.2, 0.25) is 0 Å². The van der Waals surface area contributed by atoms with Gasteiger partial charge < -0.3 is 5.73 Å². The number of halogens is 1. The fourth-order valence-corrected chi connectivity index (χ4v) is 1.71. The fourth-order valence-electron chi connectivity index (χ4n) is 1.71. The van der Waals surface area contributed by atoms with E-state index in [-0.39, 0.29) is 12.4 Å². The van der Waals surface area contributed by atoms with Gasteiger partial charge in [-0.25, -0.2) is 0 Å². The van der Waals surface area contributed by atoms with Crippen LogP contribution in [0.3, 0.4) is 0 Å². The van der Waals surface area contributed by atoms with Crippen molar-refractivity contribution in [1.82, 2.24) is 0 Å². The van der Waals surface area contributed by atoms with E-state index in [0.717, 1.165) is 12.5 Å². The minimum atomic E-state index is 0. The Morgan fingerprint density at radius 3 is 2.30 bits per heavy atom. The Labute approximate surface area is 69.8 Å². The molecule has 62 valence electrons. The molecule has 0 aliphatic heterocycles. The molecule has 0 aromatic heterocycles. The summed E-state index contributed by atoms with van der Waals surface area (Å²) in [5, 5.41) is 0. The minimum absolute atomic E-state index is 0. The highest BCUT2D eigenvalue weighted by molar-refractivity contribution is 5.85. The molecule has 0 aromatic rings. The van der Waals surface area contributed by atoms with Gasteiger partial charge in [-0.3, -0.25) is 0 Å². The number of hydrogen-bond donors (Lipinski definition) is 1.